The molecule has 0 radical (unpaired) electrons. The molecular weight excluding hydrogens is 398 g/mol. The van der Waals surface area contributed by atoms with Crippen LogP contribution in [0.15, 0.2) is 35.7 Å². The molecular formula is C21H21N7OS. The van der Waals surface area contributed by atoms with E-state index < -0.39 is 0 Å². The molecule has 3 heterocycles. The van der Waals surface area contributed by atoms with E-state index in [1.165, 1.54) is 0 Å². The van der Waals surface area contributed by atoms with E-state index in [-0.39, 0.29) is 5.82 Å². The lowest BCUT2D eigenvalue weighted by molar-refractivity contribution is 0.178. The summed E-state index contributed by atoms with van der Waals surface area (Å²) in [6, 6.07) is 12.3. The number of methoxy groups -OCH3 is 1. The molecule has 8 nitrogen and oxygen atoms in total. The summed E-state index contributed by atoms with van der Waals surface area (Å²) >= 11 is 1.60. The van der Waals surface area contributed by atoms with Crippen molar-refractivity contribution in [3.05, 3.63) is 52.8 Å². The summed E-state index contributed by atoms with van der Waals surface area (Å²) in [5.74, 6) is 1.67. The molecule has 0 atom stereocenters. The number of anilines is 2. The van der Waals surface area contributed by atoms with Gasteiger partial charge in [-0.05, 0) is 18.4 Å². The summed E-state index contributed by atoms with van der Waals surface area (Å²) in [4.78, 5) is 10.3. The molecule has 4 aromatic rings. The molecule has 0 bridgehead atoms. The lowest BCUT2D eigenvalue weighted by atomic mass is 10.1. The Labute approximate surface area is 177 Å². The SMILES string of the molecule is COCc1nc(NCCCc2[nH]nc(N)c2C#N)c2c(-c3ccccc3)csc2n1. The smallest absolute Gasteiger partial charge is 0.163 e. The number of H-pyrrole nitrogens is 1. The number of benzene rings is 1. The zero-order valence-electron chi connectivity index (χ0n) is 16.5. The first-order chi connectivity index (χ1) is 14.7. The Morgan fingerprint density at radius 1 is 1.27 bits per heavy atom. The minimum absolute atomic E-state index is 0.243. The van der Waals surface area contributed by atoms with Crippen molar-refractivity contribution in [3.8, 4) is 17.2 Å². The fourth-order valence-corrected chi connectivity index (χ4v) is 4.28. The highest BCUT2D eigenvalue weighted by Gasteiger charge is 2.16. The Kier molecular flexibility index (Phi) is 5.88. The van der Waals surface area contributed by atoms with Crippen molar-refractivity contribution in [1.29, 1.82) is 5.26 Å². The molecule has 0 spiro atoms. The lowest BCUT2D eigenvalue weighted by Gasteiger charge is -2.10. The largest absolute Gasteiger partial charge is 0.381 e. The van der Waals surface area contributed by atoms with Crippen LogP contribution in [0.3, 0.4) is 0 Å². The number of aromatic nitrogens is 4. The van der Waals surface area contributed by atoms with Gasteiger partial charge in [0.05, 0.1) is 11.1 Å². The lowest BCUT2D eigenvalue weighted by Crippen LogP contribution is -2.08. The summed E-state index contributed by atoms with van der Waals surface area (Å²) < 4.78 is 5.23. The highest BCUT2D eigenvalue weighted by Crippen LogP contribution is 2.37. The third kappa shape index (κ3) is 3.96. The van der Waals surface area contributed by atoms with Crippen molar-refractivity contribution in [2.24, 2.45) is 0 Å². The molecule has 1 aromatic carbocycles. The maximum absolute atomic E-state index is 9.20. The van der Waals surface area contributed by atoms with Crippen molar-refractivity contribution in [2.45, 2.75) is 19.4 Å². The van der Waals surface area contributed by atoms with Crippen LogP contribution in [0, 0.1) is 11.3 Å². The maximum Gasteiger partial charge on any atom is 0.163 e. The number of rotatable bonds is 8. The van der Waals surface area contributed by atoms with Gasteiger partial charge in [0.15, 0.2) is 11.6 Å². The second-order valence-electron chi connectivity index (χ2n) is 6.72. The van der Waals surface area contributed by atoms with Crippen LogP contribution in [0.1, 0.15) is 23.5 Å². The Morgan fingerprint density at radius 3 is 2.87 bits per heavy atom. The molecule has 152 valence electrons. The third-order valence-electron chi connectivity index (χ3n) is 4.72. The van der Waals surface area contributed by atoms with Crippen LogP contribution in [0.2, 0.25) is 0 Å². The number of nitrogens with zero attached hydrogens (tertiary/aromatic N) is 4. The number of ether oxygens (including phenoxy) is 1. The number of hydrogen-bond donors (Lipinski definition) is 3. The second kappa shape index (κ2) is 8.90. The average molecular weight is 420 g/mol. The van der Waals surface area contributed by atoms with Crippen LogP contribution in [-0.4, -0.2) is 33.8 Å². The molecule has 0 saturated carbocycles. The van der Waals surface area contributed by atoms with Gasteiger partial charge in [0.1, 0.15) is 28.9 Å². The average Bonchev–Trinajstić information content (AvgIpc) is 3.35. The maximum atomic E-state index is 9.20. The normalized spacial score (nSPS) is 10.9. The summed E-state index contributed by atoms with van der Waals surface area (Å²) in [5.41, 5.74) is 9.12. The molecule has 9 heteroatoms. The van der Waals surface area contributed by atoms with Gasteiger partial charge in [0, 0.05) is 24.6 Å². The molecule has 30 heavy (non-hydrogen) atoms. The van der Waals surface area contributed by atoms with E-state index in [1.807, 2.05) is 18.2 Å². The summed E-state index contributed by atoms with van der Waals surface area (Å²) in [5, 5.41) is 22.5. The van der Waals surface area contributed by atoms with Crippen molar-refractivity contribution < 1.29 is 4.74 Å². The van der Waals surface area contributed by atoms with Crippen LogP contribution < -0.4 is 11.1 Å². The van der Waals surface area contributed by atoms with Gasteiger partial charge < -0.3 is 15.8 Å². The first kappa shape index (κ1) is 19.8. The molecule has 3 aromatic heterocycles. The van der Waals surface area contributed by atoms with E-state index in [0.29, 0.717) is 31.0 Å². The van der Waals surface area contributed by atoms with Crippen LogP contribution in [-0.2, 0) is 17.8 Å². The predicted octanol–water partition coefficient (Wildman–Crippen LogP) is 3.73. The number of nitrogen functional groups attached to an aromatic ring is 1. The summed E-state index contributed by atoms with van der Waals surface area (Å²) in [6.07, 6.45) is 1.45. The van der Waals surface area contributed by atoms with E-state index in [4.69, 9.17) is 15.5 Å². The molecule has 0 aliphatic heterocycles. The van der Waals surface area contributed by atoms with Crippen molar-refractivity contribution in [2.75, 3.05) is 24.7 Å². The number of nitrogens with one attached hydrogen (secondary N) is 2. The van der Waals surface area contributed by atoms with Gasteiger partial charge in [-0.1, -0.05) is 30.3 Å². The molecule has 0 aliphatic rings. The van der Waals surface area contributed by atoms with Gasteiger partial charge in [0.2, 0.25) is 0 Å². The highest BCUT2D eigenvalue weighted by molar-refractivity contribution is 7.17. The Balaban J connectivity index is 1.58. The van der Waals surface area contributed by atoms with E-state index in [1.54, 1.807) is 18.4 Å². The van der Waals surface area contributed by atoms with E-state index >= 15 is 0 Å². The predicted molar refractivity (Wildman–Crippen MR) is 118 cm³/mol. The zero-order chi connectivity index (χ0) is 20.9. The Bertz CT molecular complexity index is 1190. The number of aryl methyl sites for hydroxylation is 1. The fourth-order valence-electron chi connectivity index (χ4n) is 3.31. The van der Waals surface area contributed by atoms with Crippen molar-refractivity contribution >= 4 is 33.2 Å². The number of nitriles is 1. The Morgan fingerprint density at radius 2 is 2.10 bits per heavy atom. The molecule has 0 fully saturated rings. The standard InChI is InChI=1S/C21H21N7OS/c1-29-11-17-25-20(24-9-5-8-16-14(10-22)19(23)28-27-16)18-15(12-30-21(18)26-17)13-6-3-2-4-7-13/h2-4,6-7,12H,5,8-9,11H2,1H3,(H3,23,27,28)(H,24,25,26). The minimum Gasteiger partial charge on any atom is -0.381 e. The van der Waals surface area contributed by atoms with Crippen LogP contribution in [0.4, 0.5) is 11.6 Å². The first-order valence-electron chi connectivity index (χ1n) is 9.50. The van der Waals surface area contributed by atoms with Crippen LogP contribution >= 0.6 is 11.3 Å². The molecule has 0 amide bonds. The quantitative estimate of drug-likeness (QED) is 0.372. The van der Waals surface area contributed by atoms with E-state index in [0.717, 1.165) is 39.3 Å². The number of hydrogen-bond acceptors (Lipinski definition) is 8. The minimum atomic E-state index is 0.243. The monoisotopic (exact) mass is 419 g/mol. The van der Waals surface area contributed by atoms with Crippen molar-refractivity contribution in [1.82, 2.24) is 20.2 Å². The Hall–Kier alpha value is -3.48. The summed E-state index contributed by atoms with van der Waals surface area (Å²) in [6.45, 7) is 1.02. The van der Waals surface area contributed by atoms with Gasteiger partial charge in [-0.2, -0.15) is 10.4 Å². The highest BCUT2D eigenvalue weighted by atomic mass is 32.1. The number of aromatic amines is 1. The molecule has 0 saturated heterocycles. The first-order valence-corrected chi connectivity index (χ1v) is 10.4. The number of thiophene rings is 1. The third-order valence-corrected chi connectivity index (χ3v) is 5.59. The topological polar surface area (TPSA) is 126 Å². The molecule has 4 N–H and O–H groups in total. The molecule has 0 aliphatic carbocycles. The van der Waals surface area contributed by atoms with Gasteiger partial charge in [0.25, 0.3) is 0 Å². The van der Waals surface area contributed by atoms with E-state index in [9.17, 15) is 5.26 Å². The van der Waals surface area contributed by atoms with Gasteiger partial charge in [-0.25, -0.2) is 9.97 Å². The van der Waals surface area contributed by atoms with Crippen LogP contribution in [0.5, 0.6) is 0 Å². The molecule has 4 rings (SSSR count). The second-order valence-corrected chi connectivity index (χ2v) is 7.58. The van der Waals surface area contributed by atoms with Gasteiger partial charge in [-0.15, -0.1) is 11.3 Å². The summed E-state index contributed by atoms with van der Waals surface area (Å²) in [7, 11) is 1.63. The zero-order valence-corrected chi connectivity index (χ0v) is 17.3. The number of fused-ring (bicyclic) bond motifs is 1. The van der Waals surface area contributed by atoms with E-state index in [2.05, 4.69) is 44.1 Å². The van der Waals surface area contributed by atoms with Gasteiger partial charge in [-0.3, -0.25) is 5.10 Å². The van der Waals surface area contributed by atoms with Crippen LogP contribution in [0.25, 0.3) is 21.3 Å². The van der Waals surface area contributed by atoms with Gasteiger partial charge >= 0.3 is 0 Å². The fraction of sp³-hybridized carbons (Fsp3) is 0.238. The molecule has 0 unspecified atom stereocenters. The van der Waals surface area contributed by atoms with Crippen molar-refractivity contribution in [3.63, 3.8) is 0 Å². The number of nitrogens with two attached hydrogens (primary N) is 1.